The zero-order valence-corrected chi connectivity index (χ0v) is 12.7. The quantitative estimate of drug-likeness (QED) is 0.863. The second-order valence-electron chi connectivity index (χ2n) is 5.79. The lowest BCUT2D eigenvalue weighted by Gasteiger charge is -2.31. The predicted molar refractivity (Wildman–Crippen MR) is 80.4 cm³/mol. The molecule has 0 saturated heterocycles. The lowest BCUT2D eigenvalue weighted by molar-refractivity contribution is 0.131. The minimum atomic E-state index is -0.372. The Bertz CT molecular complexity index is 440. The summed E-state index contributed by atoms with van der Waals surface area (Å²) >= 11 is 5.70. The van der Waals surface area contributed by atoms with E-state index in [1.807, 2.05) is 13.0 Å². The van der Waals surface area contributed by atoms with Gasteiger partial charge in [0.2, 0.25) is 0 Å². The molecule has 112 valence electrons. The van der Waals surface area contributed by atoms with Crippen molar-refractivity contribution >= 4 is 11.6 Å². The number of aliphatic hydroxyl groups excluding tert-OH is 1. The Morgan fingerprint density at radius 3 is 2.70 bits per heavy atom. The van der Waals surface area contributed by atoms with Crippen LogP contribution in [-0.4, -0.2) is 18.3 Å². The molecule has 0 radical (unpaired) electrons. The van der Waals surface area contributed by atoms with Gasteiger partial charge in [0, 0.05) is 12.6 Å². The fourth-order valence-corrected chi connectivity index (χ4v) is 3.14. The summed E-state index contributed by atoms with van der Waals surface area (Å²) in [6.45, 7) is 3.17. The van der Waals surface area contributed by atoms with E-state index < -0.39 is 0 Å². The third kappa shape index (κ3) is 3.94. The highest BCUT2D eigenvalue weighted by Gasteiger charge is 2.24. The van der Waals surface area contributed by atoms with E-state index in [9.17, 15) is 9.50 Å². The molecular weight excluding hydrogens is 277 g/mol. The maximum absolute atomic E-state index is 13.5. The molecule has 2 nitrogen and oxygen atoms in total. The monoisotopic (exact) mass is 299 g/mol. The largest absolute Gasteiger partial charge is 0.396 e. The van der Waals surface area contributed by atoms with Gasteiger partial charge in [0.25, 0.3) is 0 Å². The van der Waals surface area contributed by atoms with Gasteiger partial charge in [-0.1, -0.05) is 30.5 Å². The second kappa shape index (κ2) is 7.39. The van der Waals surface area contributed by atoms with Gasteiger partial charge in [0.1, 0.15) is 5.82 Å². The molecule has 1 aromatic rings. The molecular formula is C16H23ClFNO. The molecule has 3 atom stereocenters. The van der Waals surface area contributed by atoms with Crippen LogP contribution in [-0.2, 0) is 0 Å². The summed E-state index contributed by atoms with van der Waals surface area (Å²) in [6, 6.07) is 5.03. The van der Waals surface area contributed by atoms with Crippen LogP contribution in [0.25, 0.3) is 0 Å². The van der Waals surface area contributed by atoms with E-state index in [-0.39, 0.29) is 23.5 Å². The van der Waals surface area contributed by atoms with Crippen molar-refractivity contribution in [1.82, 2.24) is 5.32 Å². The molecule has 0 heterocycles. The van der Waals surface area contributed by atoms with Crippen LogP contribution in [0.2, 0.25) is 5.02 Å². The van der Waals surface area contributed by atoms with Gasteiger partial charge in [0.15, 0.2) is 0 Å². The summed E-state index contributed by atoms with van der Waals surface area (Å²) in [4.78, 5) is 0. The van der Waals surface area contributed by atoms with Crippen molar-refractivity contribution in [2.45, 2.75) is 38.6 Å². The molecule has 0 aliphatic heterocycles. The summed E-state index contributed by atoms with van der Waals surface area (Å²) in [5, 5.41) is 13.0. The van der Waals surface area contributed by atoms with Gasteiger partial charge in [0.05, 0.1) is 5.02 Å². The third-order valence-electron chi connectivity index (χ3n) is 4.43. The minimum absolute atomic E-state index is 0.0861. The number of nitrogens with one attached hydrogen (secondary N) is 1. The predicted octanol–water partition coefficient (Wildman–Crippen LogP) is 3.93. The molecule has 20 heavy (non-hydrogen) atoms. The van der Waals surface area contributed by atoms with Gasteiger partial charge in [-0.3, -0.25) is 0 Å². The molecule has 1 aliphatic carbocycles. The second-order valence-corrected chi connectivity index (χ2v) is 6.20. The Balaban J connectivity index is 1.90. The number of halogens is 2. The van der Waals surface area contributed by atoms with Crippen LogP contribution in [0.3, 0.4) is 0 Å². The van der Waals surface area contributed by atoms with E-state index in [0.29, 0.717) is 11.8 Å². The van der Waals surface area contributed by atoms with E-state index >= 15 is 0 Å². The first kappa shape index (κ1) is 15.7. The molecule has 2 N–H and O–H groups in total. The summed E-state index contributed by atoms with van der Waals surface area (Å²) in [5.74, 6) is 0.558. The van der Waals surface area contributed by atoms with Crippen molar-refractivity contribution in [2.75, 3.05) is 13.2 Å². The zero-order chi connectivity index (χ0) is 14.5. The highest BCUT2D eigenvalue weighted by Crippen LogP contribution is 2.29. The van der Waals surface area contributed by atoms with Gasteiger partial charge in [-0.05, 0) is 55.8 Å². The Morgan fingerprint density at radius 2 is 2.05 bits per heavy atom. The molecule has 1 aromatic carbocycles. The van der Waals surface area contributed by atoms with Crippen molar-refractivity contribution in [3.05, 3.63) is 34.6 Å². The van der Waals surface area contributed by atoms with E-state index in [0.717, 1.165) is 18.5 Å². The smallest absolute Gasteiger partial charge is 0.142 e. The Kier molecular flexibility index (Phi) is 5.82. The van der Waals surface area contributed by atoms with Crippen molar-refractivity contribution in [3.8, 4) is 0 Å². The van der Waals surface area contributed by atoms with Crippen LogP contribution in [0, 0.1) is 17.7 Å². The van der Waals surface area contributed by atoms with E-state index in [1.165, 1.54) is 25.3 Å². The minimum Gasteiger partial charge on any atom is -0.396 e. The number of rotatable bonds is 5. The van der Waals surface area contributed by atoms with Crippen molar-refractivity contribution < 1.29 is 9.50 Å². The van der Waals surface area contributed by atoms with E-state index in [4.69, 9.17) is 11.6 Å². The molecule has 1 fully saturated rings. The normalized spacial score (nSPS) is 24.6. The number of aliphatic hydroxyl groups is 1. The summed E-state index contributed by atoms with van der Waals surface area (Å²) in [5.41, 5.74) is 0.906. The lowest BCUT2D eigenvalue weighted by Crippen LogP contribution is -2.33. The molecule has 4 heteroatoms. The standard InChI is InChI=1S/C16H23ClFNO/c1-11(12-6-7-15(17)16(18)8-12)19-9-13-4-2-3-5-14(13)10-20/h6-8,11,13-14,19-20H,2-5,9-10H2,1H3. The number of hydrogen-bond donors (Lipinski definition) is 2. The van der Waals surface area contributed by atoms with Crippen molar-refractivity contribution in [3.63, 3.8) is 0 Å². The first-order chi connectivity index (χ1) is 9.61. The maximum atomic E-state index is 13.5. The van der Waals surface area contributed by atoms with Crippen LogP contribution < -0.4 is 5.32 Å². The molecule has 1 aliphatic rings. The van der Waals surface area contributed by atoms with Crippen LogP contribution in [0.15, 0.2) is 18.2 Å². The molecule has 0 amide bonds. The fraction of sp³-hybridized carbons (Fsp3) is 0.625. The summed E-state index contributed by atoms with van der Waals surface area (Å²) < 4.78 is 13.5. The van der Waals surface area contributed by atoms with Gasteiger partial charge in [-0.2, -0.15) is 0 Å². The van der Waals surface area contributed by atoms with Crippen LogP contribution in [0.5, 0.6) is 0 Å². The molecule has 0 aromatic heterocycles. The third-order valence-corrected chi connectivity index (χ3v) is 4.74. The fourth-order valence-electron chi connectivity index (χ4n) is 3.02. The molecule has 1 saturated carbocycles. The number of hydrogen-bond acceptors (Lipinski definition) is 2. The van der Waals surface area contributed by atoms with Crippen molar-refractivity contribution in [2.24, 2.45) is 11.8 Å². The Morgan fingerprint density at radius 1 is 1.35 bits per heavy atom. The molecule has 0 spiro atoms. The van der Waals surface area contributed by atoms with Crippen LogP contribution in [0.1, 0.15) is 44.2 Å². The van der Waals surface area contributed by atoms with Crippen LogP contribution >= 0.6 is 11.6 Å². The van der Waals surface area contributed by atoms with Crippen LogP contribution in [0.4, 0.5) is 4.39 Å². The van der Waals surface area contributed by atoms with E-state index in [2.05, 4.69) is 5.32 Å². The average molecular weight is 300 g/mol. The Labute approximate surface area is 125 Å². The first-order valence-corrected chi connectivity index (χ1v) is 7.78. The first-order valence-electron chi connectivity index (χ1n) is 7.41. The highest BCUT2D eigenvalue weighted by atomic mass is 35.5. The van der Waals surface area contributed by atoms with Gasteiger partial charge >= 0.3 is 0 Å². The summed E-state index contributed by atoms with van der Waals surface area (Å²) in [6.07, 6.45) is 4.75. The molecule has 3 unspecified atom stereocenters. The SMILES string of the molecule is CC(NCC1CCCCC1CO)c1ccc(Cl)c(F)c1. The van der Waals surface area contributed by atoms with Gasteiger partial charge in [-0.15, -0.1) is 0 Å². The summed E-state index contributed by atoms with van der Waals surface area (Å²) in [7, 11) is 0. The maximum Gasteiger partial charge on any atom is 0.142 e. The van der Waals surface area contributed by atoms with E-state index in [1.54, 1.807) is 6.07 Å². The highest BCUT2D eigenvalue weighted by molar-refractivity contribution is 6.30. The molecule has 0 bridgehead atoms. The number of benzene rings is 1. The zero-order valence-electron chi connectivity index (χ0n) is 11.9. The topological polar surface area (TPSA) is 32.3 Å². The molecule has 2 rings (SSSR count). The van der Waals surface area contributed by atoms with Gasteiger partial charge in [-0.25, -0.2) is 4.39 Å². The van der Waals surface area contributed by atoms with Crippen molar-refractivity contribution in [1.29, 1.82) is 0 Å². The lowest BCUT2D eigenvalue weighted by atomic mass is 9.79. The van der Waals surface area contributed by atoms with Gasteiger partial charge < -0.3 is 10.4 Å². The average Bonchev–Trinajstić information content (AvgIpc) is 2.47. The Hall–Kier alpha value is -0.640.